The first-order chi connectivity index (χ1) is 10.8. The predicted octanol–water partition coefficient (Wildman–Crippen LogP) is 3.38. The van der Waals surface area contributed by atoms with Gasteiger partial charge in [-0.2, -0.15) is 0 Å². The van der Waals surface area contributed by atoms with E-state index in [9.17, 15) is 9.90 Å². The topological polar surface area (TPSA) is 61.8 Å². The minimum absolute atomic E-state index is 0.234. The lowest BCUT2D eigenvalue weighted by atomic mass is 10.1. The largest absolute Gasteiger partial charge is 0.389 e. The Bertz CT molecular complexity index is 502. The van der Waals surface area contributed by atoms with Gasteiger partial charge in [0, 0.05) is 12.7 Å². The Morgan fingerprint density at radius 2 is 1.91 bits per heavy atom. The molecule has 2 N–H and O–H groups in total. The maximum Gasteiger partial charge on any atom is 0.321 e. The SMILES string of the molecule is CN(CC(C)(C)O)C(=O)Nc1ccc(COC2CCCC2)cc1. The van der Waals surface area contributed by atoms with Crippen LogP contribution in [0.25, 0.3) is 0 Å². The molecular formula is C18H28N2O3. The number of ether oxygens (including phenoxy) is 1. The van der Waals surface area contributed by atoms with E-state index in [0.29, 0.717) is 12.7 Å². The molecule has 1 aromatic rings. The zero-order chi connectivity index (χ0) is 16.9. The predicted molar refractivity (Wildman–Crippen MR) is 91.4 cm³/mol. The van der Waals surface area contributed by atoms with Crippen molar-refractivity contribution in [2.75, 3.05) is 18.9 Å². The fourth-order valence-electron chi connectivity index (χ4n) is 2.82. The lowest BCUT2D eigenvalue weighted by molar-refractivity contribution is 0.0457. The summed E-state index contributed by atoms with van der Waals surface area (Å²) in [6.07, 6.45) is 5.29. The van der Waals surface area contributed by atoms with E-state index in [-0.39, 0.29) is 12.6 Å². The summed E-state index contributed by atoms with van der Waals surface area (Å²) in [7, 11) is 1.66. The van der Waals surface area contributed by atoms with Gasteiger partial charge in [-0.05, 0) is 44.4 Å². The number of aliphatic hydroxyl groups is 1. The van der Waals surface area contributed by atoms with Crippen molar-refractivity contribution < 1.29 is 14.6 Å². The molecule has 0 bridgehead atoms. The second kappa shape index (κ2) is 7.79. The van der Waals surface area contributed by atoms with E-state index in [1.807, 2.05) is 24.3 Å². The molecule has 1 aliphatic rings. The fraction of sp³-hybridized carbons (Fsp3) is 0.611. The molecule has 128 valence electrons. The van der Waals surface area contributed by atoms with E-state index in [0.717, 1.165) is 11.3 Å². The Balaban J connectivity index is 1.80. The molecule has 23 heavy (non-hydrogen) atoms. The van der Waals surface area contributed by atoms with Crippen LogP contribution in [0.1, 0.15) is 45.1 Å². The summed E-state index contributed by atoms with van der Waals surface area (Å²) in [6, 6.07) is 7.47. The van der Waals surface area contributed by atoms with Gasteiger partial charge in [0.05, 0.1) is 24.9 Å². The minimum atomic E-state index is -0.909. The van der Waals surface area contributed by atoms with Crippen molar-refractivity contribution in [1.29, 1.82) is 0 Å². The minimum Gasteiger partial charge on any atom is -0.389 e. The number of carbonyl (C=O) groups excluding carboxylic acids is 1. The third-order valence-corrected chi connectivity index (χ3v) is 3.96. The van der Waals surface area contributed by atoms with Crippen molar-refractivity contribution in [2.45, 2.75) is 57.8 Å². The molecule has 2 amide bonds. The Hall–Kier alpha value is -1.59. The van der Waals surface area contributed by atoms with E-state index in [1.165, 1.54) is 30.6 Å². The van der Waals surface area contributed by atoms with Crippen molar-refractivity contribution in [1.82, 2.24) is 4.90 Å². The molecule has 0 aromatic heterocycles. The van der Waals surface area contributed by atoms with Crippen LogP contribution in [0.3, 0.4) is 0 Å². The number of hydrogen-bond donors (Lipinski definition) is 2. The van der Waals surface area contributed by atoms with Gasteiger partial charge in [-0.1, -0.05) is 25.0 Å². The smallest absolute Gasteiger partial charge is 0.321 e. The Morgan fingerprint density at radius 3 is 2.48 bits per heavy atom. The molecular weight excluding hydrogens is 292 g/mol. The lowest BCUT2D eigenvalue weighted by Gasteiger charge is -2.25. The molecule has 0 aliphatic heterocycles. The Labute approximate surface area is 138 Å². The number of rotatable bonds is 6. The summed E-state index contributed by atoms with van der Waals surface area (Å²) in [4.78, 5) is 13.5. The van der Waals surface area contributed by atoms with Gasteiger partial charge >= 0.3 is 6.03 Å². The number of benzene rings is 1. The molecule has 0 spiro atoms. The maximum absolute atomic E-state index is 12.1. The summed E-state index contributed by atoms with van der Waals surface area (Å²) in [5.74, 6) is 0. The highest BCUT2D eigenvalue weighted by Crippen LogP contribution is 2.22. The molecule has 5 nitrogen and oxygen atoms in total. The van der Waals surface area contributed by atoms with Gasteiger partial charge in [-0.15, -0.1) is 0 Å². The number of carbonyl (C=O) groups is 1. The van der Waals surface area contributed by atoms with Crippen molar-refractivity contribution in [3.63, 3.8) is 0 Å². The van der Waals surface area contributed by atoms with Crippen molar-refractivity contribution in [2.24, 2.45) is 0 Å². The van der Waals surface area contributed by atoms with Crippen LogP contribution in [0.2, 0.25) is 0 Å². The quantitative estimate of drug-likeness (QED) is 0.844. The summed E-state index contributed by atoms with van der Waals surface area (Å²) in [6.45, 7) is 4.25. The van der Waals surface area contributed by atoms with Crippen LogP contribution in [-0.4, -0.2) is 41.3 Å². The first-order valence-corrected chi connectivity index (χ1v) is 8.28. The summed E-state index contributed by atoms with van der Waals surface area (Å²) in [5.41, 5.74) is 0.940. The number of urea groups is 1. The van der Waals surface area contributed by atoms with Crippen LogP contribution in [0.15, 0.2) is 24.3 Å². The highest BCUT2D eigenvalue weighted by Gasteiger charge is 2.19. The van der Waals surface area contributed by atoms with Crippen molar-refractivity contribution >= 4 is 11.7 Å². The summed E-state index contributed by atoms with van der Waals surface area (Å²) < 4.78 is 5.88. The second-order valence-corrected chi connectivity index (χ2v) is 7.01. The summed E-state index contributed by atoms with van der Waals surface area (Å²) >= 11 is 0. The van der Waals surface area contributed by atoms with E-state index < -0.39 is 5.60 Å². The van der Waals surface area contributed by atoms with Gasteiger partial charge in [0.15, 0.2) is 0 Å². The van der Waals surface area contributed by atoms with Gasteiger partial charge in [0.1, 0.15) is 0 Å². The normalized spacial score (nSPS) is 15.7. The number of amides is 2. The van der Waals surface area contributed by atoms with Crippen LogP contribution in [0.4, 0.5) is 10.5 Å². The van der Waals surface area contributed by atoms with Crippen LogP contribution >= 0.6 is 0 Å². The molecule has 0 radical (unpaired) electrons. The molecule has 1 aliphatic carbocycles. The maximum atomic E-state index is 12.1. The average Bonchev–Trinajstić information content (AvgIpc) is 2.98. The van der Waals surface area contributed by atoms with E-state index in [2.05, 4.69) is 5.32 Å². The number of likely N-dealkylation sites (N-methyl/N-ethyl adjacent to an activating group) is 1. The highest BCUT2D eigenvalue weighted by atomic mass is 16.5. The average molecular weight is 320 g/mol. The number of anilines is 1. The van der Waals surface area contributed by atoms with Gasteiger partial charge in [0.25, 0.3) is 0 Å². The molecule has 0 heterocycles. The Kier molecular flexibility index (Phi) is 6.02. The third-order valence-electron chi connectivity index (χ3n) is 3.96. The monoisotopic (exact) mass is 320 g/mol. The van der Waals surface area contributed by atoms with E-state index in [1.54, 1.807) is 20.9 Å². The molecule has 1 fully saturated rings. The van der Waals surface area contributed by atoms with Gasteiger partial charge in [-0.25, -0.2) is 4.79 Å². The highest BCUT2D eigenvalue weighted by molar-refractivity contribution is 5.89. The van der Waals surface area contributed by atoms with Crippen LogP contribution in [0.5, 0.6) is 0 Å². The molecule has 2 rings (SSSR count). The van der Waals surface area contributed by atoms with Gasteiger partial charge < -0.3 is 20.1 Å². The zero-order valence-corrected chi connectivity index (χ0v) is 14.3. The molecule has 0 saturated heterocycles. The fourth-order valence-corrected chi connectivity index (χ4v) is 2.82. The second-order valence-electron chi connectivity index (χ2n) is 7.01. The van der Waals surface area contributed by atoms with E-state index >= 15 is 0 Å². The van der Waals surface area contributed by atoms with Crippen LogP contribution < -0.4 is 5.32 Å². The van der Waals surface area contributed by atoms with E-state index in [4.69, 9.17) is 4.74 Å². The first kappa shape index (κ1) is 17.8. The molecule has 0 unspecified atom stereocenters. The number of nitrogens with zero attached hydrogens (tertiary/aromatic N) is 1. The summed E-state index contributed by atoms with van der Waals surface area (Å²) in [5, 5.41) is 12.6. The van der Waals surface area contributed by atoms with Gasteiger partial charge in [-0.3, -0.25) is 0 Å². The zero-order valence-electron chi connectivity index (χ0n) is 14.3. The van der Waals surface area contributed by atoms with Crippen LogP contribution in [0, 0.1) is 0 Å². The first-order valence-electron chi connectivity index (χ1n) is 8.28. The lowest BCUT2D eigenvalue weighted by Crippen LogP contribution is -2.41. The number of nitrogens with one attached hydrogen (secondary N) is 1. The number of hydrogen-bond acceptors (Lipinski definition) is 3. The Morgan fingerprint density at radius 1 is 1.30 bits per heavy atom. The van der Waals surface area contributed by atoms with Gasteiger partial charge in [0.2, 0.25) is 0 Å². The van der Waals surface area contributed by atoms with Crippen LogP contribution in [-0.2, 0) is 11.3 Å². The standard InChI is InChI=1S/C18H28N2O3/c1-18(2,22)13-20(3)17(21)19-15-10-8-14(9-11-15)12-23-16-6-4-5-7-16/h8-11,16,22H,4-7,12-13H2,1-3H3,(H,19,21). The molecule has 0 atom stereocenters. The van der Waals surface area contributed by atoms with Crippen molar-refractivity contribution in [3.8, 4) is 0 Å². The molecule has 1 aromatic carbocycles. The third kappa shape index (κ3) is 6.20. The molecule has 5 heteroatoms. The van der Waals surface area contributed by atoms with Crippen molar-refractivity contribution in [3.05, 3.63) is 29.8 Å². The molecule has 1 saturated carbocycles.